The lowest BCUT2D eigenvalue weighted by molar-refractivity contribution is 0.0996. The van der Waals surface area contributed by atoms with Crippen LogP contribution >= 0.6 is 0 Å². The largest absolute Gasteiger partial charge is 0.476 e. The minimum Gasteiger partial charge on any atom is -0.476 e. The molecule has 168 valence electrons. The van der Waals surface area contributed by atoms with Crippen LogP contribution in [0.2, 0.25) is 0 Å². The maximum absolute atomic E-state index is 12.2. The molecule has 0 bridgehead atoms. The van der Waals surface area contributed by atoms with E-state index in [4.69, 9.17) is 16.2 Å². The minimum absolute atomic E-state index is 0.00525. The summed E-state index contributed by atoms with van der Waals surface area (Å²) in [5.74, 6) is -0.206. The maximum atomic E-state index is 12.2. The molecule has 5 rings (SSSR count). The molecule has 4 aromatic rings. The van der Waals surface area contributed by atoms with Crippen LogP contribution in [0.4, 0.5) is 5.69 Å². The van der Waals surface area contributed by atoms with Gasteiger partial charge in [-0.3, -0.25) is 9.89 Å². The number of fused-ring (bicyclic) bond motifs is 1. The van der Waals surface area contributed by atoms with Crippen LogP contribution in [0.25, 0.3) is 33.4 Å². The van der Waals surface area contributed by atoms with Crippen LogP contribution in [0.15, 0.2) is 42.6 Å². The molecule has 1 aliphatic rings. The molecule has 1 amide bonds. The van der Waals surface area contributed by atoms with E-state index in [-0.39, 0.29) is 11.4 Å². The zero-order chi connectivity index (χ0) is 22.9. The molecule has 33 heavy (non-hydrogen) atoms. The van der Waals surface area contributed by atoms with E-state index in [1.165, 1.54) is 0 Å². The van der Waals surface area contributed by atoms with Crippen LogP contribution < -0.4 is 21.5 Å². The minimum atomic E-state index is -0.702. The van der Waals surface area contributed by atoms with Gasteiger partial charge in [0.15, 0.2) is 5.69 Å². The molecule has 6 N–H and O–H groups in total. The smallest absolute Gasteiger partial charge is 0.269 e. The lowest BCUT2D eigenvalue weighted by Crippen LogP contribution is -2.28. The van der Waals surface area contributed by atoms with Crippen molar-refractivity contribution in [2.45, 2.75) is 25.8 Å². The molecule has 1 atom stereocenters. The van der Waals surface area contributed by atoms with Crippen molar-refractivity contribution in [2.24, 2.45) is 5.73 Å². The second-order valence-corrected chi connectivity index (χ2v) is 8.24. The predicted molar refractivity (Wildman–Crippen MR) is 127 cm³/mol. The number of carbonyl (C=O) groups is 1. The number of nitrogens with two attached hydrogens (primary N) is 2. The van der Waals surface area contributed by atoms with Crippen molar-refractivity contribution < 1.29 is 9.53 Å². The van der Waals surface area contributed by atoms with Gasteiger partial charge in [0.05, 0.1) is 28.8 Å². The highest BCUT2D eigenvalue weighted by Crippen LogP contribution is 2.37. The number of nitrogens with zero attached hydrogens (tertiary/aromatic N) is 3. The number of hydrogen-bond donors (Lipinski definition) is 4. The van der Waals surface area contributed by atoms with E-state index in [1.807, 2.05) is 43.3 Å². The van der Waals surface area contributed by atoms with Gasteiger partial charge in [-0.15, -0.1) is 0 Å². The van der Waals surface area contributed by atoms with E-state index < -0.39 is 5.91 Å². The normalized spacial score (nSPS) is 15.7. The average molecular weight is 444 g/mol. The zero-order valence-electron chi connectivity index (χ0n) is 18.3. The number of nitrogens with one attached hydrogen (secondary N) is 2. The van der Waals surface area contributed by atoms with Crippen molar-refractivity contribution in [1.82, 2.24) is 25.5 Å². The SMILES string of the molecule is Cc1ccc2[nH]ncc2c1-c1cc(-c2cccc(OC[C@H]3CCCN3)n2)nc(C(N)=O)c1N. The molecule has 1 saturated heterocycles. The number of ether oxygens (including phenoxy) is 1. The van der Waals surface area contributed by atoms with Crippen LogP contribution in [0.5, 0.6) is 5.88 Å². The van der Waals surface area contributed by atoms with Gasteiger partial charge in [0.25, 0.3) is 5.91 Å². The monoisotopic (exact) mass is 443 g/mol. The average Bonchev–Trinajstić information content (AvgIpc) is 3.50. The molecule has 1 fully saturated rings. The number of pyridine rings is 2. The van der Waals surface area contributed by atoms with E-state index in [2.05, 4.69) is 25.5 Å². The molecule has 4 heterocycles. The molecule has 0 aliphatic carbocycles. The Balaban J connectivity index is 1.60. The summed E-state index contributed by atoms with van der Waals surface area (Å²) in [6, 6.07) is 11.6. The summed E-state index contributed by atoms with van der Waals surface area (Å²) in [5.41, 5.74) is 16.7. The zero-order valence-corrected chi connectivity index (χ0v) is 18.3. The molecule has 9 heteroatoms. The predicted octanol–water partition coefficient (Wildman–Crippen LogP) is 2.81. The summed E-state index contributed by atoms with van der Waals surface area (Å²) in [4.78, 5) is 21.3. The molecule has 0 saturated carbocycles. The molecule has 0 unspecified atom stereocenters. The van der Waals surface area contributed by atoms with Crippen molar-refractivity contribution in [3.8, 4) is 28.4 Å². The van der Waals surface area contributed by atoms with Crippen LogP contribution in [0, 0.1) is 6.92 Å². The van der Waals surface area contributed by atoms with Gasteiger partial charge in [-0.05, 0) is 55.6 Å². The first kappa shape index (κ1) is 20.9. The summed E-state index contributed by atoms with van der Waals surface area (Å²) in [7, 11) is 0. The van der Waals surface area contributed by atoms with Crippen molar-refractivity contribution >= 4 is 22.5 Å². The Bertz CT molecular complexity index is 1340. The fourth-order valence-electron chi connectivity index (χ4n) is 4.29. The van der Waals surface area contributed by atoms with Gasteiger partial charge in [-0.1, -0.05) is 12.1 Å². The quantitative estimate of drug-likeness (QED) is 0.358. The highest BCUT2D eigenvalue weighted by atomic mass is 16.5. The molecule has 1 aromatic carbocycles. The fourth-order valence-corrected chi connectivity index (χ4v) is 4.29. The summed E-state index contributed by atoms with van der Waals surface area (Å²) in [6.07, 6.45) is 3.98. The van der Waals surface area contributed by atoms with Crippen LogP contribution in [0.1, 0.15) is 28.9 Å². The number of hydrogen-bond acceptors (Lipinski definition) is 7. The Morgan fingerprint density at radius 1 is 1.21 bits per heavy atom. The first-order valence-corrected chi connectivity index (χ1v) is 10.9. The molecule has 1 aliphatic heterocycles. The van der Waals surface area contributed by atoms with Crippen LogP contribution in [-0.4, -0.2) is 45.3 Å². The number of benzene rings is 1. The summed E-state index contributed by atoms with van der Waals surface area (Å²) in [6.45, 7) is 3.54. The van der Waals surface area contributed by atoms with Gasteiger partial charge in [-0.2, -0.15) is 5.10 Å². The number of aryl methyl sites for hydroxylation is 1. The number of aromatic amines is 1. The molecular weight excluding hydrogens is 418 g/mol. The highest BCUT2D eigenvalue weighted by Gasteiger charge is 2.21. The number of nitrogen functional groups attached to an aromatic ring is 1. The van der Waals surface area contributed by atoms with E-state index in [9.17, 15) is 4.79 Å². The second-order valence-electron chi connectivity index (χ2n) is 8.24. The standard InChI is InChI=1S/C24H25N7O2/c1-13-7-8-17-16(11-28-31-17)21(13)15-10-19(30-23(22(15)25)24(26)32)18-5-2-6-20(29-18)33-12-14-4-3-9-27-14/h2,5-8,10-11,14,27H,3-4,9,12,25H2,1H3,(H2,26,32)(H,28,31)/t14-/m1/s1. The third-order valence-corrected chi connectivity index (χ3v) is 5.97. The molecule has 0 spiro atoms. The first-order chi connectivity index (χ1) is 16.0. The number of primary amides is 1. The molecule has 9 nitrogen and oxygen atoms in total. The van der Waals surface area contributed by atoms with E-state index in [0.717, 1.165) is 41.4 Å². The number of H-pyrrole nitrogens is 1. The van der Waals surface area contributed by atoms with Crippen molar-refractivity contribution in [3.63, 3.8) is 0 Å². The van der Waals surface area contributed by atoms with Gasteiger partial charge in [0.1, 0.15) is 6.61 Å². The summed E-state index contributed by atoms with van der Waals surface area (Å²) < 4.78 is 5.90. The van der Waals surface area contributed by atoms with Crippen molar-refractivity contribution in [1.29, 1.82) is 0 Å². The van der Waals surface area contributed by atoms with Gasteiger partial charge in [0.2, 0.25) is 5.88 Å². The number of anilines is 1. The Morgan fingerprint density at radius 2 is 2.09 bits per heavy atom. The van der Waals surface area contributed by atoms with Crippen molar-refractivity contribution in [2.75, 3.05) is 18.9 Å². The third-order valence-electron chi connectivity index (χ3n) is 5.97. The van der Waals surface area contributed by atoms with E-state index in [0.29, 0.717) is 35.5 Å². The van der Waals surface area contributed by atoms with Gasteiger partial charge >= 0.3 is 0 Å². The molecule has 0 radical (unpaired) electrons. The number of amides is 1. The van der Waals surface area contributed by atoms with Gasteiger partial charge in [-0.25, -0.2) is 9.97 Å². The van der Waals surface area contributed by atoms with E-state index >= 15 is 0 Å². The summed E-state index contributed by atoms with van der Waals surface area (Å²) in [5, 5.41) is 11.4. The Kier molecular flexibility index (Phi) is 5.39. The lowest BCUT2D eigenvalue weighted by atomic mass is 9.94. The van der Waals surface area contributed by atoms with E-state index in [1.54, 1.807) is 6.20 Å². The van der Waals surface area contributed by atoms with Crippen LogP contribution in [0.3, 0.4) is 0 Å². The maximum Gasteiger partial charge on any atom is 0.269 e. The Hall–Kier alpha value is -3.98. The van der Waals surface area contributed by atoms with Gasteiger partial charge < -0.3 is 21.5 Å². The first-order valence-electron chi connectivity index (χ1n) is 10.9. The second kappa shape index (κ2) is 8.51. The summed E-state index contributed by atoms with van der Waals surface area (Å²) >= 11 is 0. The fraction of sp³-hybridized carbons (Fsp3) is 0.250. The van der Waals surface area contributed by atoms with Gasteiger partial charge in [0, 0.05) is 23.1 Å². The number of aromatic nitrogens is 4. The van der Waals surface area contributed by atoms with Crippen LogP contribution in [-0.2, 0) is 0 Å². The Labute approximate surface area is 190 Å². The van der Waals surface area contributed by atoms with Crippen molar-refractivity contribution in [3.05, 3.63) is 53.9 Å². The molecular formula is C24H25N7O2. The number of carbonyl (C=O) groups excluding carboxylic acids is 1. The third kappa shape index (κ3) is 3.98. The Morgan fingerprint density at radius 3 is 2.88 bits per heavy atom. The highest BCUT2D eigenvalue weighted by molar-refractivity contribution is 6.05. The molecule has 3 aromatic heterocycles. The topological polar surface area (TPSA) is 145 Å². The lowest BCUT2D eigenvalue weighted by Gasteiger charge is -2.15. The number of rotatable bonds is 6.